The molecule has 0 bridgehead atoms. The normalized spacial score (nSPS) is 14.4. The van der Waals surface area contributed by atoms with Gasteiger partial charge in [0.1, 0.15) is 6.54 Å². The number of carbonyl (C=O) groups excluding carboxylic acids is 2. The van der Waals surface area contributed by atoms with E-state index in [4.69, 9.17) is 0 Å². The molecule has 3 heterocycles. The Kier molecular flexibility index (Phi) is 6.40. The van der Waals surface area contributed by atoms with Crippen LogP contribution in [0.3, 0.4) is 0 Å². The van der Waals surface area contributed by atoms with E-state index in [0.717, 1.165) is 37.0 Å². The molecule has 0 radical (unpaired) electrons. The summed E-state index contributed by atoms with van der Waals surface area (Å²) in [7, 11) is 0. The van der Waals surface area contributed by atoms with Crippen molar-refractivity contribution in [3.05, 3.63) is 84.3 Å². The van der Waals surface area contributed by atoms with Crippen molar-refractivity contribution < 1.29 is 9.59 Å². The molecule has 2 N–H and O–H groups in total. The minimum Gasteiger partial charge on any atom is -0.361 e. The summed E-state index contributed by atoms with van der Waals surface area (Å²) in [5, 5.41) is 7.88. The molecule has 1 saturated heterocycles. The van der Waals surface area contributed by atoms with Crippen LogP contribution in [0.5, 0.6) is 0 Å². The first kappa shape index (κ1) is 21.9. The summed E-state index contributed by atoms with van der Waals surface area (Å²) in [6.07, 6.45) is 6.56. The Bertz CT molecular complexity index is 1240. The standard InChI is InChI=1S/C26H28N6O2/c33-25(31-14-12-30(13-15-31)11-9-20-17-28-29-18-20)19-32(23-4-2-1-3-5-23)26(34)22-7-6-21-8-10-27-24(21)16-22/h1-8,10,16-18,27H,9,11-15,19H2,(H,28,29). The molecule has 1 aliphatic heterocycles. The SMILES string of the molecule is O=C(CN(C(=O)c1ccc2cc[nH]c2c1)c1ccccc1)N1CCN(CCc2cn[nH]c2)CC1. The average Bonchev–Trinajstić information content (AvgIpc) is 3.58. The van der Waals surface area contributed by atoms with Crippen LogP contribution in [0.25, 0.3) is 10.9 Å². The lowest BCUT2D eigenvalue weighted by Gasteiger charge is -2.35. The fourth-order valence-electron chi connectivity index (χ4n) is 4.38. The second kappa shape index (κ2) is 9.93. The van der Waals surface area contributed by atoms with Gasteiger partial charge in [-0.1, -0.05) is 24.3 Å². The Labute approximate surface area is 198 Å². The minimum absolute atomic E-state index is 0.0145. The summed E-state index contributed by atoms with van der Waals surface area (Å²) in [6, 6.07) is 17.0. The van der Waals surface area contributed by atoms with Gasteiger partial charge in [0.2, 0.25) is 5.91 Å². The Hall–Kier alpha value is -3.91. The van der Waals surface area contributed by atoms with E-state index in [1.54, 1.807) is 4.90 Å². The number of fused-ring (bicyclic) bond motifs is 1. The predicted octanol–water partition coefficient (Wildman–Crippen LogP) is 2.92. The van der Waals surface area contributed by atoms with Crippen molar-refractivity contribution in [1.82, 2.24) is 25.0 Å². The molecule has 174 valence electrons. The van der Waals surface area contributed by atoms with Gasteiger partial charge in [-0.3, -0.25) is 24.5 Å². The molecule has 2 aromatic carbocycles. The number of anilines is 1. The van der Waals surface area contributed by atoms with Gasteiger partial charge in [-0.05, 0) is 47.7 Å². The number of benzene rings is 2. The number of hydrogen-bond acceptors (Lipinski definition) is 4. The number of aromatic nitrogens is 3. The fourth-order valence-corrected chi connectivity index (χ4v) is 4.38. The highest BCUT2D eigenvalue weighted by molar-refractivity contribution is 6.10. The highest BCUT2D eigenvalue weighted by atomic mass is 16.2. The van der Waals surface area contributed by atoms with Gasteiger partial charge < -0.3 is 9.88 Å². The number of nitrogens with zero attached hydrogens (tertiary/aromatic N) is 4. The molecule has 4 aromatic rings. The number of para-hydroxylation sites is 1. The van der Waals surface area contributed by atoms with Crippen LogP contribution in [-0.4, -0.2) is 76.1 Å². The third-order valence-electron chi connectivity index (χ3n) is 6.40. The lowest BCUT2D eigenvalue weighted by atomic mass is 10.1. The summed E-state index contributed by atoms with van der Waals surface area (Å²) in [4.78, 5) is 35.7. The zero-order valence-corrected chi connectivity index (χ0v) is 19.0. The maximum absolute atomic E-state index is 13.5. The minimum atomic E-state index is -0.185. The number of H-pyrrole nitrogens is 2. The maximum Gasteiger partial charge on any atom is 0.258 e. The van der Waals surface area contributed by atoms with Crippen molar-refractivity contribution >= 4 is 28.4 Å². The zero-order valence-electron chi connectivity index (χ0n) is 19.0. The number of piperazine rings is 1. The fraction of sp³-hybridized carbons (Fsp3) is 0.269. The Morgan fingerprint density at radius 1 is 1.00 bits per heavy atom. The van der Waals surface area contributed by atoms with Gasteiger partial charge >= 0.3 is 0 Å². The van der Waals surface area contributed by atoms with Crippen LogP contribution >= 0.6 is 0 Å². The van der Waals surface area contributed by atoms with E-state index in [2.05, 4.69) is 20.1 Å². The molecule has 0 spiro atoms. The van der Waals surface area contributed by atoms with Gasteiger partial charge in [-0.15, -0.1) is 0 Å². The third kappa shape index (κ3) is 4.87. The van der Waals surface area contributed by atoms with Crippen LogP contribution in [0.2, 0.25) is 0 Å². The molecule has 5 rings (SSSR count). The molecular weight excluding hydrogens is 428 g/mol. The van der Waals surface area contributed by atoms with Gasteiger partial charge in [0, 0.05) is 61.9 Å². The second-order valence-electron chi connectivity index (χ2n) is 8.59. The number of amides is 2. The van der Waals surface area contributed by atoms with Gasteiger partial charge in [0.15, 0.2) is 0 Å². The van der Waals surface area contributed by atoms with E-state index in [0.29, 0.717) is 24.3 Å². The lowest BCUT2D eigenvalue weighted by molar-refractivity contribution is -0.131. The van der Waals surface area contributed by atoms with Crippen LogP contribution in [0, 0.1) is 0 Å². The topological polar surface area (TPSA) is 88.3 Å². The van der Waals surface area contributed by atoms with E-state index >= 15 is 0 Å². The molecule has 0 saturated carbocycles. The monoisotopic (exact) mass is 456 g/mol. The van der Waals surface area contributed by atoms with Gasteiger partial charge in [-0.2, -0.15) is 5.10 Å². The molecule has 0 atom stereocenters. The van der Waals surface area contributed by atoms with Crippen molar-refractivity contribution in [1.29, 1.82) is 0 Å². The van der Waals surface area contributed by atoms with Crippen LogP contribution in [0.15, 0.2) is 73.2 Å². The number of aromatic amines is 2. The summed E-state index contributed by atoms with van der Waals surface area (Å²) in [6.45, 7) is 3.93. The van der Waals surface area contributed by atoms with Crippen LogP contribution < -0.4 is 4.90 Å². The molecule has 8 nitrogen and oxygen atoms in total. The molecule has 1 aliphatic rings. The van der Waals surface area contributed by atoms with E-state index in [1.165, 1.54) is 5.56 Å². The first-order valence-electron chi connectivity index (χ1n) is 11.6. The van der Waals surface area contributed by atoms with Gasteiger partial charge in [0.05, 0.1) is 6.20 Å². The molecule has 0 aliphatic carbocycles. The smallest absolute Gasteiger partial charge is 0.258 e. The highest BCUT2D eigenvalue weighted by Gasteiger charge is 2.26. The summed E-state index contributed by atoms with van der Waals surface area (Å²) in [5.74, 6) is -0.220. The van der Waals surface area contributed by atoms with Crippen LogP contribution in [-0.2, 0) is 11.2 Å². The van der Waals surface area contributed by atoms with Crippen LogP contribution in [0.4, 0.5) is 5.69 Å². The van der Waals surface area contributed by atoms with Crippen molar-refractivity contribution in [3.8, 4) is 0 Å². The van der Waals surface area contributed by atoms with E-state index < -0.39 is 0 Å². The molecule has 2 amide bonds. The van der Waals surface area contributed by atoms with Gasteiger partial charge in [0.25, 0.3) is 5.91 Å². The molecule has 8 heteroatoms. The third-order valence-corrected chi connectivity index (χ3v) is 6.40. The lowest BCUT2D eigenvalue weighted by Crippen LogP contribution is -2.52. The highest BCUT2D eigenvalue weighted by Crippen LogP contribution is 2.20. The first-order chi connectivity index (χ1) is 16.7. The van der Waals surface area contributed by atoms with Crippen molar-refractivity contribution in [3.63, 3.8) is 0 Å². The quantitative estimate of drug-likeness (QED) is 0.448. The van der Waals surface area contributed by atoms with E-state index in [1.807, 2.05) is 78.1 Å². The van der Waals surface area contributed by atoms with Crippen molar-refractivity contribution in [2.75, 3.05) is 44.2 Å². The number of rotatable bonds is 7. The Morgan fingerprint density at radius 3 is 2.59 bits per heavy atom. The van der Waals surface area contributed by atoms with E-state index in [-0.39, 0.29) is 18.4 Å². The maximum atomic E-state index is 13.5. The molecule has 34 heavy (non-hydrogen) atoms. The number of hydrogen-bond donors (Lipinski definition) is 2. The predicted molar refractivity (Wildman–Crippen MR) is 132 cm³/mol. The summed E-state index contributed by atoms with van der Waals surface area (Å²) in [5.41, 5.74) is 3.35. The number of carbonyl (C=O) groups is 2. The Morgan fingerprint density at radius 2 is 1.82 bits per heavy atom. The molecule has 0 unspecified atom stereocenters. The van der Waals surface area contributed by atoms with Crippen LogP contribution in [0.1, 0.15) is 15.9 Å². The number of nitrogens with one attached hydrogen (secondary N) is 2. The van der Waals surface area contributed by atoms with Crippen molar-refractivity contribution in [2.24, 2.45) is 0 Å². The van der Waals surface area contributed by atoms with Crippen molar-refractivity contribution in [2.45, 2.75) is 6.42 Å². The van der Waals surface area contributed by atoms with Gasteiger partial charge in [-0.25, -0.2) is 0 Å². The molecule has 1 fully saturated rings. The summed E-state index contributed by atoms with van der Waals surface area (Å²) >= 11 is 0. The average molecular weight is 457 g/mol. The molecular formula is C26H28N6O2. The Balaban J connectivity index is 1.25. The van der Waals surface area contributed by atoms with E-state index in [9.17, 15) is 9.59 Å². The summed E-state index contributed by atoms with van der Waals surface area (Å²) < 4.78 is 0. The first-order valence-corrected chi connectivity index (χ1v) is 11.6. The largest absolute Gasteiger partial charge is 0.361 e. The second-order valence-corrected chi connectivity index (χ2v) is 8.59. The zero-order chi connectivity index (χ0) is 23.3. The molecule has 2 aromatic heterocycles.